The van der Waals surface area contributed by atoms with Gasteiger partial charge >= 0.3 is 0 Å². The molecule has 0 aromatic carbocycles. The van der Waals surface area contributed by atoms with Crippen molar-refractivity contribution < 1.29 is 0 Å². The Labute approximate surface area is 109 Å². The second kappa shape index (κ2) is 4.88. The average molecular weight is 305 g/mol. The number of halogens is 2. The number of anilines is 1. The average Bonchev–Trinajstić information content (AvgIpc) is 2.24. The van der Waals surface area contributed by atoms with E-state index in [4.69, 9.17) is 11.6 Å². The maximum absolute atomic E-state index is 5.80. The molecule has 1 saturated carbocycles. The molecule has 2 rings (SSSR count). The summed E-state index contributed by atoms with van der Waals surface area (Å²) in [5.41, 5.74) is 0.137. The lowest BCUT2D eigenvalue weighted by Gasteiger charge is -2.35. The van der Waals surface area contributed by atoms with E-state index in [1.807, 2.05) is 0 Å². The number of rotatable bonds is 2. The fraction of sp³-hybridized carbons (Fsp3) is 0.636. The van der Waals surface area contributed by atoms with Crippen molar-refractivity contribution in [2.75, 3.05) is 5.32 Å². The van der Waals surface area contributed by atoms with E-state index in [1.54, 1.807) is 6.20 Å². The highest BCUT2D eigenvalue weighted by atomic mass is 79.9. The van der Waals surface area contributed by atoms with E-state index in [-0.39, 0.29) is 10.8 Å². The maximum atomic E-state index is 5.80. The first-order valence-corrected chi connectivity index (χ1v) is 6.72. The second-order valence-electron chi connectivity index (χ2n) is 4.58. The Kier molecular flexibility index (Phi) is 3.70. The van der Waals surface area contributed by atoms with Crippen LogP contribution in [0.3, 0.4) is 0 Å². The van der Waals surface area contributed by atoms with Crippen LogP contribution >= 0.6 is 27.5 Å². The van der Waals surface area contributed by atoms with Crippen LogP contribution in [0.2, 0.25) is 5.28 Å². The minimum Gasteiger partial charge on any atom is -0.364 e. The lowest BCUT2D eigenvalue weighted by molar-refractivity contribution is 0.348. The van der Waals surface area contributed by atoms with Crippen LogP contribution in [-0.2, 0) is 0 Å². The molecule has 0 aliphatic heterocycles. The molecule has 0 amide bonds. The van der Waals surface area contributed by atoms with Gasteiger partial charge in [0.1, 0.15) is 5.82 Å². The first-order valence-electron chi connectivity index (χ1n) is 5.55. The molecule has 0 saturated heterocycles. The van der Waals surface area contributed by atoms with Crippen molar-refractivity contribution in [3.05, 3.63) is 16.0 Å². The lowest BCUT2D eigenvalue weighted by atomic mass is 9.83. The Balaban J connectivity index is 2.15. The van der Waals surface area contributed by atoms with Crippen LogP contribution in [-0.4, -0.2) is 15.5 Å². The van der Waals surface area contributed by atoms with E-state index in [2.05, 4.69) is 38.1 Å². The van der Waals surface area contributed by atoms with Crippen LogP contribution in [0.1, 0.15) is 39.0 Å². The summed E-state index contributed by atoms with van der Waals surface area (Å²) >= 11 is 9.23. The van der Waals surface area contributed by atoms with Crippen LogP contribution in [0.15, 0.2) is 10.7 Å². The molecule has 1 aliphatic rings. The second-order valence-corrected chi connectivity index (χ2v) is 5.77. The zero-order valence-electron chi connectivity index (χ0n) is 9.26. The molecule has 3 nitrogen and oxygen atoms in total. The highest BCUT2D eigenvalue weighted by Crippen LogP contribution is 2.32. The Morgan fingerprint density at radius 2 is 2.06 bits per heavy atom. The third-order valence-electron chi connectivity index (χ3n) is 3.09. The van der Waals surface area contributed by atoms with Crippen LogP contribution in [0.5, 0.6) is 0 Å². The van der Waals surface area contributed by atoms with E-state index in [1.165, 1.54) is 32.1 Å². The molecule has 5 heteroatoms. The van der Waals surface area contributed by atoms with E-state index < -0.39 is 0 Å². The molecule has 88 valence electrons. The predicted molar refractivity (Wildman–Crippen MR) is 69.9 cm³/mol. The third-order valence-corrected chi connectivity index (χ3v) is 3.85. The van der Waals surface area contributed by atoms with Crippen molar-refractivity contribution >= 4 is 33.3 Å². The molecule has 0 radical (unpaired) electrons. The molecule has 1 aliphatic carbocycles. The molecule has 16 heavy (non-hydrogen) atoms. The summed E-state index contributed by atoms with van der Waals surface area (Å²) in [6.07, 6.45) is 7.94. The summed E-state index contributed by atoms with van der Waals surface area (Å²) in [6, 6.07) is 0. The van der Waals surface area contributed by atoms with Crippen LogP contribution in [0.25, 0.3) is 0 Å². The fourth-order valence-corrected chi connectivity index (χ4v) is 2.60. The number of nitrogens with zero attached hydrogens (tertiary/aromatic N) is 2. The van der Waals surface area contributed by atoms with Gasteiger partial charge in [0.2, 0.25) is 5.28 Å². The van der Waals surface area contributed by atoms with Gasteiger partial charge in [-0.2, -0.15) is 4.98 Å². The van der Waals surface area contributed by atoms with Crippen LogP contribution in [0, 0.1) is 0 Å². The fourth-order valence-electron chi connectivity index (χ4n) is 2.18. The Morgan fingerprint density at radius 3 is 2.75 bits per heavy atom. The third kappa shape index (κ3) is 2.86. The van der Waals surface area contributed by atoms with Gasteiger partial charge in [-0.15, -0.1) is 0 Å². The van der Waals surface area contributed by atoms with Gasteiger partial charge in [-0.3, -0.25) is 0 Å². The number of hydrogen-bond acceptors (Lipinski definition) is 3. The molecule has 0 bridgehead atoms. The van der Waals surface area contributed by atoms with Crippen molar-refractivity contribution in [3.8, 4) is 0 Å². The largest absolute Gasteiger partial charge is 0.364 e. The first kappa shape index (κ1) is 12.1. The van der Waals surface area contributed by atoms with E-state index >= 15 is 0 Å². The van der Waals surface area contributed by atoms with Gasteiger partial charge in [0.05, 0.1) is 4.47 Å². The summed E-state index contributed by atoms with van der Waals surface area (Å²) in [4.78, 5) is 8.13. The standard InChI is InChI=1S/C11H15BrClN3/c1-11(5-3-2-4-6-11)16-9-8(12)7-14-10(13)15-9/h7H,2-6H2,1H3,(H,14,15,16). The summed E-state index contributed by atoms with van der Waals surface area (Å²) in [6.45, 7) is 2.24. The van der Waals surface area contributed by atoms with Gasteiger partial charge in [0, 0.05) is 11.7 Å². The zero-order valence-corrected chi connectivity index (χ0v) is 11.6. The molecule has 0 atom stereocenters. The van der Waals surface area contributed by atoms with Crippen molar-refractivity contribution in [3.63, 3.8) is 0 Å². The van der Waals surface area contributed by atoms with E-state index in [9.17, 15) is 0 Å². The summed E-state index contributed by atoms with van der Waals surface area (Å²) < 4.78 is 0.865. The summed E-state index contributed by atoms with van der Waals surface area (Å²) in [7, 11) is 0. The first-order chi connectivity index (χ1) is 7.59. The maximum Gasteiger partial charge on any atom is 0.224 e. The predicted octanol–water partition coefficient (Wildman–Crippen LogP) is 4.03. The van der Waals surface area contributed by atoms with Crippen molar-refractivity contribution in [2.24, 2.45) is 0 Å². The molecule has 1 N–H and O–H groups in total. The van der Waals surface area contributed by atoms with Gasteiger partial charge in [-0.05, 0) is 47.3 Å². The quantitative estimate of drug-likeness (QED) is 0.838. The minimum absolute atomic E-state index is 0.137. The summed E-state index contributed by atoms with van der Waals surface area (Å²) in [5.74, 6) is 0.796. The number of aromatic nitrogens is 2. The normalized spacial score (nSPS) is 19.4. The lowest BCUT2D eigenvalue weighted by Crippen LogP contribution is -2.37. The SMILES string of the molecule is CC1(Nc2nc(Cl)ncc2Br)CCCCC1. The van der Waals surface area contributed by atoms with Gasteiger partial charge < -0.3 is 5.32 Å². The molecule has 0 spiro atoms. The molecular formula is C11H15BrClN3. The summed E-state index contributed by atoms with van der Waals surface area (Å²) in [5, 5.41) is 3.77. The van der Waals surface area contributed by atoms with Gasteiger partial charge in [-0.25, -0.2) is 4.98 Å². The number of nitrogens with one attached hydrogen (secondary N) is 1. The Morgan fingerprint density at radius 1 is 1.38 bits per heavy atom. The van der Waals surface area contributed by atoms with E-state index in [0.717, 1.165) is 10.3 Å². The van der Waals surface area contributed by atoms with Crippen LogP contribution in [0.4, 0.5) is 5.82 Å². The van der Waals surface area contributed by atoms with Crippen molar-refractivity contribution in [2.45, 2.75) is 44.6 Å². The molecule has 0 unspecified atom stereocenters. The van der Waals surface area contributed by atoms with Crippen LogP contribution < -0.4 is 5.32 Å². The topological polar surface area (TPSA) is 37.8 Å². The number of hydrogen-bond donors (Lipinski definition) is 1. The smallest absolute Gasteiger partial charge is 0.224 e. The van der Waals surface area contributed by atoms with E-state index in [0.29, 0.717) is 0 Å². The molecule has 1 aromatic heterocycles. The molecule has 1 fully saturated rings. The van der Waals surface area contributed by atoms with Gasteiger partial charge in [0.15, 0.2) is 0 Å². The monoisotopic (exact) mass is 303 g/mol. The van der Waals surface area contributed by atoms with Crippen molar-refractivity contribution in [1.82, 2.24) is 9.97 Å². The Hall–Kier alpha value is -0.350. The Bertz CT molecular complexity index is 377. The molecule has 1 aromatic rings. The zero-order chi connectivity index (χ0) is 11.6. The molecule has 1 heterocycles. The minimum atomic E-state index is 0.137. The highest BCUT2D eigenvalue weighted by Gasteiger charge is 2.27. The van der Waals surface area contributed by atoms with Gasteiger partial charge in [0.25, 0.3) is 0 Å². The highest BCUT2D eigenvalue weighted by molar-refractivity contribution is 9.10. The van der Waals surface area contributed by atoms with Gasteiger partial charge in [-0.1, -0.05) is 19.3 Å². The van der Waals surface area contributed by atoms with Crippen molar-refractivity contribution in [1.29, 1.82) is 0 Å². The molecular weight excluding hydrogens is 289 g/mol.